The van der Waals surface area contributed by atoms with Crippen LogP contribution >= 0.6 is 0 Å². The summed E-state index contributed by atoms with van der Waals surface area (Å²) in [6, 6.07) is 0. The molecule has 0 aliphatic carbocycles. The van der Waals surface area contributed by atoms with E-state index in [0.717, 1.165) is 0 Å². The van der Waals surface area contributed by atoms with E-state index in [1.807, 2.05) is 0 Å². The molecule has 2 aliphatic rings. The second kappa shape index (κ2) is 4.07. The molecule has 82 valence electrons. The lowest BCUT2D eigenvalue weighted by Crippen LogP contribution is -2.36. The molecule has 0 spiro atoms. The second-order valence-electron chi connectivity index (χ2n) is 3.27. The van der Waals surface area contributed by atoms with Gasteiger partial charge in [-0.15, -0.1) is 0 Å². The third kappa shape index (κ3) is 1.75. The van der Waals surface area contributed by atoms with Gasteiger partial charge in [0, 0.05) is 7.11 Å². The lowest BCUT2D eigenvalue weighted by Gasteiger charge is -2.17. The largest absolute Gasteiger partial charge is 0.376 e. The Labute approximate surface area is 80.6 Å². The van der Waals surface area contributed by atoms with Gasteiger partial charge < -0.3 is 14.2 Å². The Bertz CT molecular complexity index is 201. The van der Waals surface area contributed by atoms with E-state index in [0.29, 0.717) is 6.61 Å². The zero-order valence-corrected chi connectivity index (χ0v) is 7.70. The topological polar surface area (TPSA) is 80.6 Å². The van der Waals surface area contributed by atoms with Gasteiger partial charge in [0.05, 0.1) is 18.6 Å². The SMILES string of the molecule is COC1COC2C(ON(O)O)COC12. The third-order valence-electron chi connectivity index (χ3n) is 2.49. The van der Waals surface area contributed by atoms with Crippen LogP contribution in [0.1, 0.15) is 0 Å². The van der Waals surface area contributed by atoms with Crippen LogP contribution in [0.4, 0.5) is 0 Å². The first-order chi connectivity index (χ1) is 6.72. The number of fused-ring (bicyclic) bond motifs is 1. The summed E-state index contributed by atoms with van der Waals surface area (Å²) in [5, 5.41) is 16.6. The van der Waals surface area contributed by atoms with Crippen molar-refractivity contribution in [2.24, 2.45) is 0 Å². The van der Waals surface area contributed by atoms with Crippen molar-refractivity contribution in [3.8, 4) is 0 Å². The highest BCUT2D eigenvalue weighted by Crippen LogP contribution is 2.30. The molecule has 2 N–H and O–H groups in total. The summed E-state index contributed by atoms with van der Waals surface area (Å²) in [5.74, 6) is 0. The van der Waals surface area contributed by atoms with Crippen LogP contribution < -0.4 is 0 Å². The fraction of sp³-hybridized carbons (Fsp3) is 1.00. The van der Waals surface area contributed by atoms with Gasteiger partial charge in [0.15, 0.2) is 0 Å². The number of hydrogen-bond acceptors (Lipinski definition) is 7. The van der Waals surface area contributed by atoms with Crippen LogP contribution in [0.15, 0.2) is 0 Å². The van der Waals surface area contributed by atoms with Crippen molar-refractivity contribution < 1.29 is 29.5 Å². The molecule has 0 radical (unpaired) electrons. The van der Waals surface area contributed by atoms with Crippen molar-refractivity contribution in [3.05, 3.63) is 0 Å². The van der Waals surface area contributed by atoms with Crippen LogP contribution in [0, 0.1) is 0 Å². The van der Waals surface area contributed by atoms with Crippen LogP contribution in [0.5, 0.6) is 0 Å². The fourth-order valence-electron chi connectivity index (χ4n) is 1.84. The summed E-state index contributed by atoms with van der Waals surface area (Å²) in [5.41, 5.74) is 0. The van der Waals surface area contributed by atoms with Crippen molar-refractivity contribution in [2.75, 3.05) is 20.3 Å². The Hall–Kier alpha value is -0.280. The van der Waals surface area contributed by atoms with E-state index >= 15 is 0 Å². The lowest BCUT2D eigenvalue weighted by molar-refractivity contribution is -0.507. The van der Waals surface area contributed by atoms with E-state index in [2.05, 4.69) is 4.84 Å². The van der Waals surface area contributed by atoms with Crippen LogP contribution in [0.2, 0.25) is 0 Å². The molecule has 14 heavy (non-hydrogen) atoms. The maximum atomic E-state index is 8.48. The second-order valence-corrected chi connectivity index (χ2v) is 3.27. The van der Waals surface area contributed by atoms with E-state index in [4.69, 9.17) is 24.6 Å². The lowest BCUT2D eigenvalue weighted by atomic mass is 10.1. The highest BCUT2D eigenvalue weighted by atomic mass is 17.1. The Morgan fingerprint density at radius 2 is 1.71 bits per heavy atom. The normalized spacial score (nSPS) is 42.0. The summed E-state index contributed by atoms with van der Waals surface area (Å²) in [6.07, 6.45) is -1.11. The highest BCUT2D eigenvalue weighted by Gasteiger charge is 2.49. The molecule has 0 amide bonds. The summed E-state index contributed by atoms with van der Waals surface area (Å²) in [7, 11) is 1.58. The summed E-state index contributed by atoms with van der Waals surface area (Å²) >= 11 is 0. The molecule has 7 nitrogen and oxygen atoms in total. The Morgan fingerprint density at radius 3 is 2.29 bits per heavy atom. The van der Waals surface area contributed by atoms with Gasteiger partial charge in [-0.1, -0.05) is 0 Å². The minimum atomic E-state index is -0.504. The molecule has 0 bridgehead atoms. The zero-order valence-electron chi connectivity index (χ0n) is 7.70. The van der Waals surface area contributed by atoms with Crippen molar-refractivity contribution in [2.45, 2.75) is 24.4 Å². The number of nitrogens with zero attached hydrogens (tertiary/aromatic N) is 1. The van der Waals surface area contributed by atoms with Crippen molar-refractivity contribution in [1.29, 1.82) is 0 Å². The third-order valence-corrected chi connectivity index (χ3v) is 2.49. The molecular weight excluding hydrogens is 194 g/mol. The fourth-order valence-corrected chi connectivity index (χ4v) is 1.84. The van der Waals surface area contributed by atoms with E-state index in [9.17, 15) is 0 Å². The summed E-state index contributed by atoms with van der Waals surface area (Å²) in [4.78, 5) is 4.66. The van der Waals surface area contributed by atoms with Crippen LogP contribution in [-0.2, 0) is 19.0 Å². The van der Waals surface area contributed by atoms with E-state index in [-0.39, 0.29) is 30.3 Å². The molecule has 7 heteroatoms. The highest BCUT2D eigenvalue weighted by molar-refractivity contribution is 4.95. The molecule has 0 saturated carbocycles. The Morgan fingerprint density at radius 1 is 1.14 bits per heavy atom. The molecule has 2 fully saturated rings. The van der Waals surface area contributed by atoms with Crippen LogP contribution in [-0.4, -0.2) is 60.5 Å². The predicted molar refractivity (Wildman–Crippen MR) is 40.6 cm³/mol. The Balaban J connectivity index is 1.94. The first-order valence-corrected chi connectivity index (χ1v) is 4.33. The first-order valence-electron chi connectivity index (χ1n) is 4.33. The van der Waals surface area contributed by atoms with E-state index in [1.165, 1.54) is 0 Å². The van der Waals surface area contributed by atoms with Gasteiger partial charge in [0.2, 0.25) is 0 Å². The van der Waals surface area contributed by atoms with Gasteiger partial charge in [-0.05, 0) is 0 Å². The van der Waals surface area contributed by atoms with Gasteiger partial charge >= 0.3 is 0 Å². The zero-order chi connectivity index (χ0) is 10.1. The predicted octanol–water partition coefficient (Wildman–Crippen LogP) is -0.820. The molecular formula is C7H13NO6. The minimum Gasteiger partial charge on any atom is -0.376 e. The molecule has 2 saturated heterocycles. The number of rotatable bonds is 3. The van der Waals surface area contributed by atoms with Crippen LogP contribution in [0.3, 0.4) is 0 Å². The van der Waals surface area contributed by atoms with Crippen LogP contribution in [0.25, 0.3) is 0 Å². The average Bonchev–Trinajstić information content (AvgIpc) is 2.67. The van der Waals surface area contributed by atoms with Gasteiger partial charge in [-0.3, -0.25) is 10.4 Å². The molecule has 4 atom stereocenters. The minimum absolute atomic E-state index is 0.112. The monoisotopic (exact) mass is 207 g/mol. The van der Waals surface area contributed by atoms with Crippen molar-refractivity contribution >= 4 is 0 Å². The number of ether oxygens (including phenoxy) is 3. The molecule has 2 rings (SSSR count). The first kappa shape index (κ1) is 10.2. The standard InChI is InChI=1S/C7H13NO6/c1-11-4-2-12-7-5(14-8(9)10)3-13-6(4)7/h4-7,9-10H,2-3H2,1H3. The molecule has 0 aromatic rings. The van der Waals surface area contributed by atoms with Gasteiger partial charge in [-0.2, -0.15) is 0 Å². The average molecular weight is 207 g/mol. The molecule has 4 unspecified atom stereocenters. The number of hydrogen-bond donors (Lipinski definition) is 2. The Kier molecular flexibility index (Phi) is 2.98. The maximum absolute atomic E-state index is 8.48. The van der Waals surface area contributed by atoms with Gasteiger partial charge in [0.25, 0.3) is 0 Å². The molecule has 2 heterocycles. The quantitative estimate of drug-likeness (QED) is 0.585. The maximum Gasteiger partial charge on any atom is 0.136 e. The van der Waals surface area contributed by atoms with E-state index < -0.39 is 6.10 Å². The summed E-state index contributed by atoms with van der Waals surface area (Å²) in [6.45, 7) is 0.690. The van der Waals surface area contributed by atoms with Crippen molar-refractivity contribution in [3.63, 3.8) is 0 Å². The van der Waals surface area contributed by atoms with Gasteiger partial charge in [0.1, 0.15) is 24.4 Å². The van der Waals surface area contributed by atoms with Crippen molar-refractivity contribution in [1.82, 2.24) is 5.39 Å². The smallest absolute Gasteiger partial charge is 0.136 e. The van der Waals surface area contributed by atoms with Gasteiger partial charge in [-0.25, -0.2) is 4.84 Å². The number of methoxy groups -OCH3 is 1. The molecule has 2 aliphatic heterocycles. The molecule has 0 aromatic carbocycles. The molecule has 0 aromatic heterocycles. The summed E-state index contributed by atoms with van der Waals surface area (Å²) < 4.78 is 15.9. The van der Waals surface area contributed by atoms with E-state index in [1.54, 1.807) is 7.11 Å².